The number of aromatic nitrogens is 3. The van der Waals surface area contributed by atoms with E-state index in [1.165, 1.54) is 10.9 Å². The molecule has 3 rings (SSSR count). The van der Waals surface area contributed by atoms with E-state index in [1.54, 1.807) is 42.6 Å². The zero-order chi connectivity index (χ0) is 16.9. The number of anilines is 2. The van der Waals surface area contributed by atoms with Crippen LogP contribution in [-0.4, -0.2) is 26.8 Å². The average molecular weight is 321 g/mol. The minimum Gasteiger partial charge on any atom is -0.318 e. The van der Waals surface area contributed by atoms with Crippen molar-refractivity contribution in [2.24, 2.45) is 0 Å². The number of nitrogens with zero attached hydrogens (tertiary/aromatic N) is 3. The van der Waals surface area contributed by atoms with Gasteiger partial charge in [0.2, 0.25) is 0 Å². The molecule has 0 fully saturated rings. The third-order valence-corrected chi connectivity index (χ3v) is 3.42. The monoisotopic (exact) mass is 321 g/mol. The van der Waals surface area contributed by atoms with E-state index in [2.05, 4.69) is 20.9 Å². The fourth-order valence-corrected chi connectivity index (χ4v) is 2.19. The molecule has 7 nitrogen and oxygen atoms in total. The molecule has 120 valence electrons. The predicted molar refractivity (Wildman–Crippen MR) is 89.8 cm³/mol. The second kappa shape index (κ2) is 6.74. The zero-order valence-corrected chi connectivity index (χ0v) is 12.9. The molecule has 3 aromatic rings. The average Bonchev–Trinajstić information content (AvgIpc) is 3.11. The van der Waals surface area contributed by atoms with Gasteiger partial charge in [-0.1, -0.05) is 35.5 Å². The van der Waals surface area contributed by atoms with Gasteiger partial charge < -0.3 is 10.6 Å². The van der Waals surface area contributed by atoms with Crippen LogP contribution in [0.3, 0.4) is 0 Å². The molecule has 0 aliphatic rings. The third kappa shape index (κ3) is 3.30. The first-order valence-corrected chi connectivity index (χ1v) is 7.29. The lowest BCUT2D eigenvalue weighted by atomic mass is 10.2. The van der Waals surface area contributed by atoms with Crippen LogP contribution in [0.15, 0.2) is 60.9 Å². The Balaban J connectivity index is 1.76. The van der Waals surface area contributed by atoms with Crippen molar-refractivity contribution >= 4 is 23.2 Å². The van der Waals surface area contributed by atoms with Crippen molar-refractivity contribution in [3.05, 3.63) is 66.5 Å². The molecule has 0 unspecified atom stereocenters. The summed E-state index contributed by atoms with van der Waals surface area (Å²) < 4.78 is 1.51. The van der Waals surface area contributed by atoms with Gasteiger partial charge in [0.15, 0.2) is 0 Å². The minimum atomic E-state index is -0.759. The maximum absolute atomic E-state index is 12.2. The third-order valence-electron chi connectivity index (χ3n) is 3.42. The van der Waals surface area contributed by atoms with Gasteiger partial charge in [-0.05, 0) is 30.7 Å². The highest BCUT2D eigenvalue weighted by molar-refractivity contribution is 6.43. The molecular weight excluding hydrogens is 306 g/mol. The lowest BCUT2D eigenvalue weighted by Gasteiger charge is -2.11. The molecule has 1 aromatic heterocycles. The quantitative estimate of drug-likeness (QED) is 0.723. The lowest BCUT2D eigenvalue weighted by molar-refractivity contribution is -0.133. The van der Waals surface area contributed by atoms with E-state index in [0.29, 0.717) is 17.1 Å². The Hall–Kier alpha value is -3.48. The SMILES string of the molecule is Cc1ccccc1NC(=O)C(=O)Nc1ccccc1-n1ccnn1. The fraction of sp³-hybridized carbons (Fsp3) is 0.0588. The number of para-hydroxylation sites is 3. The topological polar surface area (TPSA) is 88.9 Å². The van der Waals surface area contributed by atoms with E-state index in [1.807, 2.05) is 19.1 Å². The Morgan fingerprint density at radius 2 is 1.54 bits per heavy atom. The van der Waals surface area contributed by atoms with Crippen molar-refractivity contribution < 1.29 is 9.59 Å². The molecule has 1 heterocycles. The van der Waals surface area contributed by atoms with Crippen LogP contribution in [0.25, 0.3) is 5.69 Å². The Morgan fingerprint density at radius 3 is 2.21 bits per heavy atom. The normalized spacial score (nSPS) is 10.2. The number of carbonyl (C=O) groups excluding carboxylic acids is 2. The molecule has 2 amide bonds. The summed E-state index contributed by atoms with van der Waals surface area (Å²) >= 11 is 0. The molecule has 0 spiro atoms. The van der Waals surface area contributed by atoms with Crippen molar-refractivity contribution in [3.8, 4) is 5.69 Å². The second-order valence-electron chi connectivity index (χ2n) is 5.09. The van der Waals surface area contributed by atoms with Crippen molar-refractivity contribution in [3.63, 3.8) is 0 Å². The summed E-state index contributed by atoms with van der Waals surface area (Å²) in [6.45, 7) is 1.85. The van der Waals surface area contributed by atoms with Crippen LogP contribution < -0.4 is 10.6 Å². The van der Waals surface area contributed by atoms with Crippen LogP contribution in [0.2, 0.25) is 0 Å². The first kappa shape index (κ1) is 15.4. The van der Waals surface area contributed by atoms with Crippen LogP contribution in [-0.2, 0) is 9.59 Å². The Kier molecular flexibility index (Phi) is 4.33. The van der Waals surface area contributed by atoms with Crippen molar-refractivity contribution in [2.75, 3.05) is 10.6 Å². The van der Waals surface area contributed by atoms with Crippen LogP contribution in [0.4, 0.5) is 11.4 Å². The van der Waals surface area contributed by atoms with E-state index in [0.717, 1.165) is 5.56 Å². The smallest absolute Gasteiger partial charge is 0.314 e. The Bertz CT molecular complexity index is 874. The van der Waals surface area contributed by atoms with Gasteiger partial charge in [0, 0.05) is 5.69 Å². The number of hydrogen-bond acceptors (Lipinski definition) is 4. The highest BCUT2D eigenvalue weighted by atomic mass is 16.2. The standard InChI is InChI=1S/C17H15N5O2/c1-12-6-2-3-7-13(12)19-16(23)17(24)20-14-8-4-5-9-15(14)22-11-10-18-21-22/h2-11H,1H3,(H,19,23)(H,20,24). The summed E-state index contributed by atoms with van der Waals surface area (Å²) in [5, 5.41) is 12.8. The van der Waals surface area contributed by atoms with Gasteiger partial charge in [-0.2, -0.15) is 0 Å². The number of rotatable bonds is 3. The first-order valence-electron chi connectivity index (χ1n) is 7.29. The molecule has 2 N–H and O–H groups in total. The number of aryl methyl sites for hydroxylation is 1. The summed E-state index contributed by atoms with van der Waals surface area (Å²) in [6.07, 6.45) is 3.18. The predicted octanol–water partition coefficient (Wildman–Crippen LogP) is 2.15. The van der Waals surface area contributed by atoms with Gasteiger partial charge in [-0.25, -0.2) is 4.68 Å². The molecule has 0 bridgehead atoms. The number of benzene rings is 2. The highest BCUT2D eigenvalue weighted by Crippen LogP contribution is 2.19. The molecule has 24 heavy (non-hydrogen) atoms. The highest BCUT2D eigenvalue weighted by Gasteiger charge is 2.16. The Labute approximate surface area is 138 Å². The molecule has 2 aromatic carbocycles. The number of carbonyl (C=O) groups is 2. The van der Waals surface area contributed by atoms with E-state index >= 15 is 0 Å². The minimum absolute atomic E-state index is 0.466. The molecule has 0 aliphatic carbocycles. The number of hydrogen-bond donors (Lipinski definition) is 2. The van der Waals surface area contributed by atoms with Gasteiger partial charge >= 0.3 is 11.8 Å². The molecule has 0 aliphatic heterocycles. The van der Waals surface area contributed by atoms with E-state index < -0.39 is 11.8 Å². The summed E-state index contributed by atoms with van der Waals surface area (Å²) in [7, 11) is 0. The van der Waals surface area contributed by atoms with E-state index in [9.17, 15) is 9.59 Å². The van der Waals surface area contributed by atoms with Crippen molar-refractivity contribution in [2.45, 2.75) is 6.92 Å². The van der Waals surface area contributed by atoms with Crippen LogP contribution in [0.5, 0.6) is 0 Å². The maximum Gasteiger partial charge on any atom is 0.314 e. The van der Waals surface area contributed by atoms with Gasteiger partial charge in [0.05, 0.1) is 23.8 Å². The van der Waals surface area contributed by atoms with Gasteiger partial charge in [0.1, 0.15) is 0 Å². The summed E-state index contributed by atoms with van der Waals surface area (Å²) in [4.78, 5) is 24.3. The molecule has 0 saturated carbocycles. The second-order valence-corrected chi connectivity index (χ2v) is 5.09. The van der Waals surface area contributed by atoms with Crippen LogP contribution >= 0.6 is 0 Å². The molecule has 0 saturated heterocycles. The van der Waals surface area contributed by atoms with Gasteiger partial charge in [-0.15, -0.1) is 5.10 Å². The maximum atomic E-state index is 12.2. The molecule has 0 atom stereocenters. The van der Waals surface area contributed by atoms with Crippen molar-refractivity contribution in [1.82, 2.24) is 15.0 Å². The van der Waals surface area contributed by atoms with Crippen LogP contribution in [0.1, 0.15) is 5.56 Å². The summed E-state index contributed by atoms with van der Waals surface area (Å²) in [6, 6.07) is 14.3. The van der Waals surface area contributed by atoms with Crippen LogP contribution in [0, 0.1) is 6.92 Å². The largest absolute Gasteiger partial charge is 0.318 e. The fourth-order valence-electron chi connectivity index (χ4n) is 2.19. The molecule has 7 heteroatoms. The number of amides is 2. The van der Waals surface area contributed by atoms with Gasteiger partial charge in [-0.3, -0.25) is 9.59 Å². The van der Waals surface area contributed by atoms with E-state index in [4.69, 9.17) is 0 Å². The molecular formula is C17H15N5O2. The zero-order valence-electron chi connectivity index (χ0n) is 12.9. The molecule has 0 radical (unpaired) electrons. The summed E-state index contributed by atoms with van der Waals surface area (Å²) in [5.41, 5.74) is 2.56. The van der Waals surface area contributed by atoms with E-state index in [-0.39, 0.29) is 0 Å². The summed E-state index contributed by atoms with van der Waals surface area (Å²) in [5.74, 6) is -1.50. The number of nitrogens with one attached hydrogen (secondary N) is 2. The van der Waals surface area contributed by atoms with Crippen molar-refractivity contribution in [1.29, 1.82) is 0 Å². The Morgan fingerprint density at radius 1 is 0.917 bits per heavy atom. The first-order chi connectivity index (χ1) is 11.6. The van der Waals surface area contributed by atoms with Gasteiger partial charge in [0.25, 0.3) is 0 Å². The lowest BCUT2D eigenvalue weighted by Crippen LogP contribution is -2.29.